The molecule has 0 unspecified atom stereocenters. The Hall–Kier alpha value is -4.79. The molecule has 0 fully saturated rings. The molecule has 0 atom stereocenters. The van der Waals surface area contributed by atoms with Gasteiger partial charge >= 0.3 is 0 Å². The van der Waals surface area contributed by atoms with E-state index in [-0.39, 0.29) is 43.1 Å². The molecule has 2 heterocycles. The topological polar surface area (TPSA) is 50.9 Å². The van der Waals surface area contributed by atoms with E-state index in [0.29, 0.717) is 11.4 Å². The molecule has 0 saturated carbocycles. The van der Waals surface area contributed by atoms with Crippen LogP contribution >= 0.6 is 0 Å². The van der Waals surface area contributed by atoms with Crippen molar-refractivity contribution in [2.45, 2.75) is 78.6 Å². The SMILES string of the molecule is CC(C)(C)c1cc(-c2[c-]c(-c3cc(-c4ccccc4)ccn3)c(C(C)(C)C)cc2C(C)(C)C)c2nc(-c3ccccc3O)n(-c3ccccc3)c2c1.[Pt]. The first-order valence-corrected chi connectivity index (χ1v) is 18.2. The van der Waals surface area contributed by atoms with Crippen LogP contribution in [0, 0.1) is 6.07 Å². The monoisotopic (exact) mass is 877 g/mol. The van der Waals surface area contributed by atoms with Gasteiger partial charge in [0.05, 0.1) is 16.6 Å². The number of hydrogen-bond acceptors (Lipinski definition) is 3. The van der Waals surface area contributed by atoms with Crippen molar-refractivity contribution >= 4 is 11.0 Å². The fourth-order valence-corrected chi connectivity index (χ4v) is 7.01. The van der Waals surface area contributed by atoms with Gasteiger partial charge in [-0.1, -0.05) is 146 Å². The van der Waals surface area contributed by atoms with Gasteiger partial charge in [0, 0.05) is 38.6 Å². The van der Waals surface area contributed by atoms with E-state index >= 15 is 0 Å². The summed E-state index contributed by atoms with van der Waals surface area (Å²) in [7, 11) is 0. The second-order valence-corrected chi connectivity index (χ2v) is 16.9. The van der Waals surface area contributed by atoms with Crippen LogP contribution in [-0.4, -0.2) is 19.6 Å². The fraction of sp³-hybridized carbons (Fsp3) is 0.250. The van der Waals surface area contributed by atoms with Crippen molar-refractivity contribution in [2.24, 2.45) is 0 Å². The summed E-state index contributed by atoms with van der Waals surface area (Å²) in [5.41, 5.74) is 12.7. The summed E-state index contributed by atoms with van der Waals surface area (Å²) >= 11 is 0. The van der Waals surface area contributed by atoms with Crippen molar-refractivity contribution in [2.75, 3.05) is 0 Å². The number of rotatable bonds is 5. The second-order valence-electron chi connectivity index (χ2n) is 16.9. The average Bonchev–Trinajstić information content (AvgIpc) is 3.50. The molecule has 0 bridgehead atoms. The summed E-state index contributed by atoms with van der Waals surface area (Å²) in [4.78, 5) is 10.4. The molecule has 7 aromatic rings. The van der Waals surface area contributed by atoms with Gasteiger partial charge in [0.2, 0.25) is 0 Å². The van der Waals surface area contributed by atoms with Gasteiger partial charge in [-0.25, -0.2) is 4.98 Å². The number of phenolic OH excluding ortho intramolecular Hbond substituents is 1. The van der Waals surface area contributed by atoms with E-state index in [1.165, 1.54) is 16.7 Å². The van der Waals surface area contributed by atoms with Crippen LogP contribution in [-0.2, 0) is 37.3 Å². The molecule has 5 aromatic carbocycles. The van der Waals surface area contributed by atoms with Gasteiger partial charge in [-0.15, -0.1) is 28.8 Å². The van der Waals surface area contributed by atoms with E-state index in [1.54, 1.807) is 6.07 Å². The zero-order chi connectivity index (χ0) is 37.0. The smallest absolute Gasteiger partial charge is 0.148 e. The van der Waals surface area contributed by atoms with Crippen LogP contribution < -0.4 is 0 Å². The van der Waals surface area contributed by atoms with E-state index in [4.69, 9.17) is 9.97 Å². The van der Waals surface area contributed by atoms with Crippen LogP contribution in [0.3, 0.4) is 0 Å². The molecule has 0 aliphatic carbocycles. The minimum Gasteiger partial charge on any atom is -0.507 e. The molecule has 272 valence electrons. The maximum Gasteiger partial charge on any atom is 0.148 e. The molecule has 4 nitrogen and oxygen atoms in total. The maximum atomic E-state index is 11.2. The molecule has 0 radical (unpaired) electrons. The Balaban J connectivity index is 0.00000481. The van der Waals surface area contributed by atoms with Gasteiger partial charge in [0.15, 0.2) is 0 Å². The number of fused-ring (bicyclic) bond motifs is 1. The summed E-state index contributed by atoms with van der Waals surface area (Å²) < 4.78 is 2.19. The van der Waals surface area contributed by atoms with Crippen LogP contribution in [0.2, 0.25) is 0 Å². The number of hydrogen-bond donors (Lipinski definition) is 1. The van der Waals surface area contributed by atoms with Crippen LogP contribution in [0.15, 0.2) is 121 Å². The third-order valence-electron chi connectivity index (χ3n) is 9.87. The van der Waals surface area contributed by atoms with Crippen LogP contribution in [0.4, 0.5) is 0 Å². The van der Waals surface area contributed by atoms with Gasteiger partial charge in [-0.2, -0.15) is 0 Å². The first-order valence-electron chi connectivity index (χ1n) is 18.2. The Bertz CT molecular complexity index is 2410. The molecule has 0 saturated heterocycles. The van der Waals surface area contributed by atoms with Gasteiger partial charge < -0.3 is 5.11 Å². The van der Waals surface area contributed by atoms with Crippen LogP contribution in [0.5, 0.6) is 5.75 Å². The number of aromatic nitrogens is 3. The first-order chi connectivity index (χ1) is 24.6. The normalized spacial score (nSPS) is 12.2. The van der Waals surface area contributed by atoms with Crippen molar-refractivity contribution < 1.29 is 26.2 Å². The Morgan fingerprint density at radius 3 is 1.81 bits per heavy atom. The number of phenols is 1. The number of imidazole rings is 1. The molecule has 0 aliphatic heterocycles. The average molecular weight is 878 g/mol. The zero-order valence-electron chi connectivity index (χ0n) is 32.2. The van der Waals surface area contributed by atoms with Crippen molar-refractivity contribution in [3.63, 3.8) is 0 Å². The number of nitrogens with zero attached hydrogens (tertiary/aromatic N) is 3. The molecule has 5 heteroatoms. The summed E-state index contributed by atoms with van der Waals surface area (Å²) in [6, 6.07) is 43.5. The Morgan fingerprint density at radius 1 is 0.585 bits per heavy atom. The predicted molar refractivity (Wildman–Crippen MR) is 217 cm³/mol. The zero-order valence-corrected chi connectivity index (χ0v) is 34.4. The number of para-hydroxylation sites is 2. The van der Waals surface area contributed by atoms with Crippen molar-refractivity contribution in [3.05, 3.63) is 144 Å². The van der Waals surface area contributed by atoms with Gasteiger partial charge in [0.25, 0.3) is 0 Å². The van der Waals surface area contributed by atoms with E-state index in [0.717, 1.165) is 50.2 Å². The third kappa shape index (κ3) is 7.40. The van der Waals surface area contributed by atoms with Crippen LogP contribution in [0.25, 0.3) is 61.6 Å². The van der Waals surface area contributed by atoms with E-state index in [1.807, 2.05) is 48.7 Å². The quantitative estimate of drug-likeness (QED) is 0.175. The summed E-state index contributed by atoms with van der Waals surface area (Å²) in [5, 5.41) is 11.2. The predicted octanol–water partition coefficient (Wildman–Crippen LogP) is 12.5. The third-order valence-corrected chi connectivity index (χ3v) is 9.87. The van der Waals surface area contributed by atoms with E-state index < -0.39 is 0 Å². The molecular weight excluding hydrogens is 830 g/mol. The van der Waals surface area contributed by atoms with Crippen molar-refractivity contribution in [1.29, 1.82) is 0 Å². The summed E-state index contributed by atoms with van der Waals surface area (Å²) in [6.45, 7) is 20.4. The van der Waals surface area contributed by atoms with Crippen LogP contribution in [0.1, 0.15) is 79.0 Å². The van der Waals surface area contributed by atoms with Crippen molar-refractivity contribution in [1.82, 2.24) is 14.5 Å². The molecular formula is C48H48N3OPt-. The minimum absolute atomic E-state index is 0. The number of pyridine rings is 1. The Morgan fingerprint density at radius 2 is 1.19 bits per heavy atom. The Kier molecular flexibility index (Phi) is 10.2. The van der Waals surface area contributed by atoms with Gasteiger partial charge in [0.1, 0.15) is 11.6 Å². The van der Waals surface area contributed by atoms with Crippen molar-refractivity contribution in [3.8, 4) is 56.3 Å². The van der Waals surface area contributed by atoms with Gasteiger partial charge in [-0.3, -0.25) is 9.55 Å². The molecule has 1 N–H and O–H groups in total. The summed E-state index contributed by atoms with van der Waals surface area (Å²) in [5.74, 6) is 0.878. The standard InChI is InChI=1S/C48H48N3O.Pt/c1-46(2,3)33-27-37(44-42(28-33)51(34-20-14-11-15-21-34)45(50-44)35-22-16-17-23-43(35)52)36-29-38(40(48(7,8)9)30-39(36)47(4,5)6)41-26-32(24-25-49-41)31-18-12-10-13-19-31;/h10-28,30,52H,1-9H3;/q-1;. The number of aromatic hydroxyl groups is 1. The minimum atomic E-state index is -0.212. The molecule has 0 spiro atoms. The first kappa shape index (κ1) is 37.9. The van der Waals surface area contributed by atoms with Gasteiger partial charge in [-0.05, 0) is 69.3 Å². The number of benzene rings is 5. The fourth-order valence-electron chi connectivity index (χ4n) is 7.01. The molecule has 53 heavy (non-hydrogen) atoms. The molecule has 2 aromatic heterocycles. The van der Waals surface area contributed by atoms with E-state index in [2.05, 4.69) is 140 Å². The molecule has 7 rings (SSSR count). The maximum absolute atomic E-state index is 11.2. The largest absolute Gasteiger partial charge is 0.507 e. The molecule has 0 amide bonds. The molecule has 0 aliphatic rings. The second kappa shape index (κ2) is 14.2. The Labute approximate surface area is 329 Å². The van der Waals surface area contributed by atoms with E-state index in [9.17, 15) is 5.11 Å². The summed E-state index contributed by atoms with van der Waals surface area (Å²) in [6.07, 6.45) is 1.91.